The van der Waals surface area contributed by atoms with Crippen LogP contribution in [0.1, 0.15) is 33.6 Å². The van der Waals surface area contributed by atoms with Gasteiger partial charge in [-0.2, -0.15) is 13.1 Å². The molecule has 12 heteroatoms. The Balaban J connectivity index is 1.42. The van der Waals surface area contributed by atoms with E-state index in [0.29, 0.717) is 24.0 Å². The number of rotatable bonds is 3. The Morgan fingerprint density at radius 1 is 1.09 bits per heavy atom. The molecule has 1 aromatic heterocycles. The van der Waals surface area contributed by atoms with Crippen LogP contribution in [0, 0.1) is 0 Å². The number of aromatic nitrogens is 2. The van der Waals surface area contributed by atoms with Crippen LogP contribution in [-0.2, 0) is 19.6 Å². The molecule has 2 amide bonds. The van der Waals surface area contributed by atoms with Crippen molar-refractivity contribution in [2.24, 2.45) is 0 Å². The Hall–Kier alpha value is -2.31. The highest BCUT2D eigenvalue weighted by atomic mass is 32.2. The third kappa shape index (κ3) is 4.44. The second kappa shape index (κ2) is 8.56. The van der Waals surface area contributed by atoms with Crippen molar-refractivity contribution in [1.82, 2.24) is 22.9 Å². The molecule has 2 aliphatic rings. The van der Waals surface area contributed by atoms with Gasteiger partial charge < -0.3 is 9.64 Å². The van der Waals surface area contributed by atoms with Crippen LogP contribution < -0.4 is 0 Å². The van der Waals surface area contributed by atoms with Gasteiger partial charge in [0.1, 0.15) is 27.6 Å². The fourth-order valence-electron chi connectivity index (χ4n) is 4.05. The summed E-state index contributed by atoms with van der Waals surface area (Å²) < 4.78 is 41.5. The maximum absolute atomic E-state index is 13.2. The number of piperazine rings is 1. The van der Waals surface area contributed by atoms with Crippen LogP contribution in [0.25, 0.3) is 11.0 Å². The number of likely N-dealkylation sites (tertiary alicyclic amines) is 1. The number of hydrogen-bond donors (Lipinski definition) is 0. The van der Waals surface area contributed by atoms with Gasteiger partial charge in [-0.3, -0.25) is 9.69 Å². The molecule has 32 heavy (non-hydrogen) atoms. The van der Waals surface area contributed by atoms with Crippen molar-refractivity contribution >= 4 is 44.8 Å². The highest BCUT2D eigenvalue weighted by Gasteiger charge is 2.40. The van der Waals surface area contributed by atoms with Crippen molar-refractivity contribution in [3.63, 3.8) is 0 Å². The van der Waals surface area contributed by atoms with Crippen LogP contribution >= 0.6 is 11.7 Å². The van der Waals surface area contributed by atoms with Crippen LogP contribution in [-0.4, -0.2) is 87.6 Å². The molecule has 3 heterocycles. The van der Waals surface area contributed by atoms with Crippen molar-refractivity contribution < 1.29 is 22.7 Å². The van der Waals surface area contributed by atoms with Crippen molar-refractivity contribution in [3.8, 4) is 0 Å². The monoisotopic (exact) mass is 481 g/mol. The van der Waals surface area contributed by atoms with Gasteiger partial charge in [0.2, 0.25) is 15.9 Å². The zero-order chi connectivity index (χ0) is 23.1. The molecule has 0 aliphatic carbocycles. The van der Waals surface area contributed by atoms with Gasteiger partial charge in [-0.1, -0.05) is 6.07 Å². The van der Waals surface area contributed by atoms with Gasteiger partial charge in [0.15, 0.2) is 0 Å². The average molecular weight is 482 g/mol. The normalized spacial score (nSPS) is 20.7. The van der Waals surface area contributed by atoms with E-state index in [2.05, 4.69) is 8.75 Å². The summed E-state index contributed by atoms with van der Waals surface area (Å²) in [6.07, 6.45) is 0.824. The fraction of sp³-hybridized carbons (Fsp3) is 0.600. The number of ether oxygens (including phenoxy) is 1. The molecule has 1 atom stereocenters. The van der Waals surface area contributed by atoms with E-state index in [0.717, 1.165) is 18.1 Å². The Morgan fingerprint density at radius 2 is 1.81 bits per heavy atom. The molecule has 1 aromatic carbocycles. The second-order valence-corrected chi connectivity index (χ2v) is 11.4. The maximum Gasteiger partial charge on any atom is 0.410 e. The van der Waals surface area contributed by atoms with Crippen molar-refractivity contribution in [2.75, 3.05) is 32.7 Å². The Morgan fingerprint density at radius 3 is 2.50 bits per heavy atom. The highest BCUT2D eigenvalue weighted by molar-refractivity contribution is 7.89. The largest absolute Gasteiger partial charge is 0.444 e. The van der Waals surface area contributed by atoms with Crippen LogP contribution in [0.2, 0.25) is 0 Å². The Bertz CT molecular complexity index is 1120. The second-order valence-electron chi connectivity index (χ2n) is 8.95. The fourth-order valence-corrected chi connectivity index (χ4v) is 6.23. The predicted molar refractivity (Wildman–Crippen MR) is 119 cm³/mol. The van der Waals surface area contributed by atoms with Crippen molar-refractivity contribution in [1.29, 1.82) is 0 Å². The maximum atomic E-state index is 13.2. The van der Waals surface area contributed by atoms with E-state index in [4.69, 9.17) is 4.74 Å². The summed E-state index contributed by atoms with van der Waals surface area (Å²) in [5.74, 6) is -0.156. The number of hydrogen-bond acceptors (Lipinski definition) is 8. The Labute approximate surface area is 191 Å². The summed E-state index contributed by atoms with van der Waals surface area (Å²) in [5, 5.41) is 0. The van der Waals surface area contributed by atoms with Gasteiger partial charge in [-0.05, 0) is 45.7 Å². The molecule has 174 valence electrons. The van der Waals surface area contributed by atoms with Crippen LogP contribution in [0.4, 0.5) is 4.79 Å². The van der Waals surface area contributed by atoms with Gasteiger partial charge in [0.25, 0.3) is 0 Å². The lowest BCUT2D eigenvalue weighted by Gasteiger charge is -2.37. The molecule has 2 saturated heterocycles. The molecule has 4 rings (SSSR count). The first-order chi connectivity index (χ1) is 15.1. The number of fused-ring (bicyclic) bond motifs is 1. The lowest BCUT2D eigenvalue weighted by Crippen LogP contribution is -2.55. The molecule has 0 spiro atoms. The van der Waals surface area contributed by atoms with Crippen LogP contribution in [0.5, 0.6) is 0 Å². The first-order valence-electron chi connectivity index (χ1n) is 10.6. The zero-order valence-electron chi connectivity index (χ0n) is 18.4. The SMILES string of the molecule is CC(C)(C)OC(=O)N1CCC[C@H]1C(=O)N1CCN(S(=O)(=O)c2cccc3nsnc23)CC1. The molecule has 2 fully saturated rings. The van der Waals surface area contributed by atoms with Gasteiger partial charge in [-0.25, -0.2) is 13.2 Å². The number of nitrogens with zero attached hydrogens (tertiary/aromatic N) is 5. The number of carbonyl (C=O) groups is 2. The molecule has 0 unspecified atom stereocenters. The topological polar surface area (TPSA) is 113 Å². The summed E-state index contributed by atoms with van der Waals surface area (Å²) in [6.45, 7) is 6.75. The van der Waals surface area contributed by atoms with E-state index in [-0.39, 0.29) is 37.0 Å². The molecule has 0 bridgehead atoms. The van der Waals surface area contributed by atoms with Crippen LogP contribution in [0.15, 0.2) is 23.1 Å². The highest BCUT2D eigenvalue weighted by Crippen LogP contribution is 2.27. The van der Waals surface area contributed by atoms with Crippen molar-refractivity contribution in [2.45, 2.75) is 50.2 Å². The standard InChI is InChI=1S/C20H27N5O5S2/c1-20(2,3)30-19(27)25-9-5-7-15(25)18(26)23-10-12-24(13-11-23)32(28,29)16-8-4-6-14-17(16)22-31-21-14/h4,6,8,15H,5,7,9-13H2,1-3H3/t15-/m0/s1. The molecule has 0 saturated carbocycles. The van der Waals surface area contributed by atoms with E-state index in [1.54, 1.807) is 37.8 Å². The average Bonchev–Trinajstić information content (AvgIpc) is 3.41. The molecule has 2 aromatic rings. The first-order valence-corrected chi connectivity index (χ1v) is 12.7. The summed E-state index contributed by atoms with van der Waals surface area (Å²) in [5.41, 5.74) is 0.284. The van der Waals surface area contributed by atoms with E-state index in [1.165, 1.54) is 15.3 Å². The lowest BCUT2D eigenvalue weighted by atomic mass is 10.1. The number of benzene rings is 1. The number of carbonyl (C=O) groups excluding carboxylic acids is 2. The minimum absolute atomic E-state index is 0.135. The summed E-state index contributed by atoms with van der Waals surface area (Å²) in [4.78, 5) is 28.9. The third-order valence-corrected chi connectivity index (χ3v) is 8.06. The van der Waals surface area contributed by atoms with Crippen molar-refractivity contribution in [3.05, 3.63) is 18.2 Å². The summed E-state index contributed by atoms with van der Waals surface area (Å²) >= 11 is 0.976. The molecule has 2 aliphatic heterocycles. The van der Waals surface area contributed by atoms with Gasteiger partial charge in [0.05, 0.1) is 11.7 Å². The van der Waals surface area contributed by atoms with Gasteiger partial charge >= 0.3 is 6.09 Å². The first kappa shape index (κ1) is 22.9. The molecular formula is C20H27N5O5S2. The minimum Gasteiger partial charge on any atom is -0.444 e. The summed E-state index contributed by atoms with van der Waals surface area (Å²) in [6, 6.07) is 4.35. The predicted octanol–water partition coefficient (Wildman–Crippen LogP) is 1.92. The van der Waals surface area contributed by atoms with Gasteiger partial charge in [0, 0.05) is 32.7 Å². The summed E-state index contributed by atoms with van der Waals surface area (Å²) in [7, 11) is -3.76. The van der Waals surface area contributed by atoms with E-state index in [9.17, 15) is 18.0 Å². The number of sulfonamides is 1. The molecule has 10 nitrogen and oxygen atoms in total. The number of amides is 2. The molecular weight excluding hydrogens is 454 g/mol. The van der Waals surface area contributed by atoms with Crippen LogP contribution in [0.3, 0.4) is 0 Å². The van der Waals surface area contributed by atoms with E-state index in [1.807, 2.05) is 0 Å². The smallest absolute Gasteiger partial charge is 0.410 e. The Kier molecular flexibility index (Phi) is 6.12. The third-order valence-electron chi connectivity index (χ3n) is 5.58. The minimum atomic E-state index is -3.76. The quantitative estimate of drug-likeness (QED) is 0.658. The van der Waals surface area contributed by atoms with E-state index >= 15 is 0 Å². The lowest BCUT2D eigenvalue weighted by molar-refractivity contribution is -0.137. The van der Waals surface area contributed by atoms with E-state index < -0.39 is 27.8 Å². The zero-order valence-corrected chi connectivity index (χ0v) is 20.0. The molecule has 0 radical (unpaired) electrons. The van der Waals surface area contributed by atoms with Gasteiger partial charge in [-0.15, -0.1) is 0 Å². The molecule has 0 N–H and O–H groups in total.